The first-order chi connectivity index (χ1) is 11.5. The molecule has 1 atom stereocenters. The van der Waals surface area contributed by atoms with Crippen molar-refractivity contribution in [1.29, 1.82) is 0 Å². The third-order valence-corrected chi connectivity index (χ3v) is 3.58. The SMILES string of the molecule is CC(OC(=O)c1ccc2ocnc2c1)C(=O)Nc1ccc(Cl)cc1. The highest BCUT2D eigenvalue weighted by Gasteiger charge is 2.19. The van der Waals surface area contributed by atoms with Crippen LogP contribution in [0.3, 0.4) is 0 Å². The fourth-order valence-electron chi connectivity index (χ4n) is 2.04. The molecule has 3 rings (SSSR count). The molecule has 0 saturated carbocycles. The summed E-state index contributed by atoms with van der Waals surface area (Å²) in [6.45, 7) is 1.50. The zero-order valence-corrected chi connectivity index (χ0v) is 13.4. The highest BCUT2D eigenvalue weighted by Crippen LogP contribution is 2.16. The number of amides is 1. The molecule has 1 amide bonds. The molecule has 1 heterocycles. The first-order valence-corrected chi connectivity index (χ1v) is 7.51. The van der Waals surface area contributed by atoms with Gasteiger partial charge in [0.25, 0.3) is 5.91 Å². The molecular formula is C17H13ClN2O4. The molecule has 2 aromatic carbocycles. The molecule has 0 radical (unpaired) electrons. The second-order valence-corrected chi connectivity index (χ2v) is 5.51. The van der Waals surface area contributed by atoms with Crippen molar-refractivity contribution in [1.82, 2.24) is 4.98 Å². The van der Waals surface area contributed by atoms with Crippen molar-refractivity contribution in [2.24, 2.45) is 0 Å². The molecule has 0 fully saturated rings. The van der Waals surface area contributed by atoms with Crippen molar-refractivity contribution in [3.05, 3.63) is 59.4 Å². The lowest BCUT2D eigenvalue weighted by molar-refractivity contribution is -0.123. The maximum atomic E-state index is 12.1. The lowest BCUT2D eigenvalue weighted by Gasteiger charge is -2.13. The highest BCUT2D eigenvalue weighted by molar-refractivity contribution is 6.30. The second-order valence-electron chi connectivity index (χ2n) is 5.08. The monoisotopic (exact) mass is 344 g/mol. The minimum absolute atomic E-state index is 0.294. The minimum Gasteiger partial charge on any atom is -0.449 e. The van der Waals surface area contributed by atoms with Crippen molar-refractivity contribution in [3.63, 3.8) is 0 Å². The molecule has 1 aromatic heterocycles. The molecule has 3 aromatic rings. The summed E-state index contributed by atoms with van der Waals surface area (Å²) >= 11 is 5.79. The van der Waals surface area contributed by atoms with E-state index in [0.29, 0.717) is 27.4 Å². The predicted molar refractivity (Wildman–Crippen MR) is 89.0 cm³/mol. The standard InChI is InChI=1S/C17H13ClN2O4/c1-10(16(21)20-13-5-3-12(18)4-6-13)24-17(22)11-2-7-15-14(8-11)19-9-23-15/h2-10H,1H3,(H,20,21). The third kappa shape index (κ3) is 3.55. The Kier molecular flexibility index (Phi) is 4.48. The molecular weight excluding hydrogens is 332 g/mol. The van der Waals surface area contributed by atoms with Crippen LogP contribution in [0.5, 0.6) is 0 Å². The molecule has 1 N–H and O–H groups in total. The van der Waals surface area contributed by atoms with Gasteiger partial charge in [-0.1, -0.05) is 11.6 Å². The van der Waals surface area contributed by atoms with Crippen LogP contribution in [0.1, 0.15) is 17.3 Å². The van der Waals surface area contributed by atoms with Gasteiger partial charge in [0.2, 0.25) is 0 Å². The highest BCUT2D eigenvalue weighted by atomic mass is 35.5. The van der Waals surface area contributed by atoms with Crippen LogP contribution >= 0.6 is 11.6 Å². The molecule has 6 nitrogen and oxygen atoms in total. The lowest BCUT2D eigenvalue weighted by atomic mass is 10.2. The number of halogens is 1. The van der Waals surface area contributed by atoms with Gasteiger partial charge in [-0.2, -0.15) is 0 Å². The fraction of sp³-hybridized carbons (Fsp3) is 0.118. The number of ether oxygens (including phenoxy) is 1. The number of hydrogen-bond donors (Lipinski definition) is 1. The van der Waals surface area contributed by atoms with Gasteiger partial charge in [0, 0.05) is 10.7 Å². The van der Waals surface area contributed by atoms with E-state index in [9.17, 15) is 9.59 Å². The normalized spacial score (nSPS) is 11.9. The second kappa shape index (κ2) is 6.72. The zero-order valence-electron chi connectivity index (χ0n) is 12.7. The Morgan fingerprint density at radius 2 is 1.96 bits per heavy atom. The van der Waals surface area contributed by atoms with E-state index < -0.39 is 18.0 Å². The molecule has 7 heteroatoms. The number of esters is 1. The summed E-state index contributed by atoms with van der Waals surface area (Å²) in [5, 5.41) is 3.21. The van der Waals surface area contributed by atoms with Crippen LogP contribution in [0.4, 0.5) is 5.69 Å². The summed E-state index contributed by atoms with van der Waals surface area (Å²) < 4.78 is 10.3. The number of nitrogens with one attached hydrogen (secondary N) is 1. The van der Waals surface area contributed by atoms with Gasteiger partial charge in [-0.3, -0.25) is 4.79 Å². The molecule has 0 spiro atoms. The third-order valence-electron chi connectivity index (χ3n) is 3.33. The van der Waals surface area contributed by atoms with Crippen molar-refractivity contribution in [2.75, 3.05) is 5.32 Å². The van der Waals surface area contributed by atoms with Crippen molar-refractivity contribution in [3.8, 4) is 0 Å². The van der Waals surface area contributed by atoms with E-state index in [0.717, 1.165) is 0 Å². The van der Waals surface area contributed by atoms with Crippen LogP contribution in [0.15, 0.2) is 53.3 Å². The Balaban J connectivity index is 1.64. The smallest absolute Gasteiger partial charge is 0.338 e. The van der Waals surface area contributed by atoms with Crippen molar-refractivity contribution >= 4 is 40.3 Å². The number of oxazole rings is 1. The van der Waals surface area contributed by atoms with E-state index in [1.54, 1.807) is 42.5 Å². The Morgan fingerprint density at radius 3 is 2.71 bits per heavy atom. The van der Waals surface area contributed by atoms with Crippen molar-refractivity contribution < 1.29 is 18.7 Å². The summed E-state index contributed by atoms with van der Waals surface area (Å²) in [6, 6.07) is 11.4. The quantitative estimate of drug-likeness (QED) is 0.730. The summed E-state index contributed by atoms with van der Waals surface area (Å²) in [5.74, 6) is -1.05. The molecule has 0 aliphatic carbocycles. The molecule has 24 heavy (non-hydrogen) atoms. The van der Waals surface area contributed by atoms with Gasteiger partial charge in [-0.05, 0) is 49.4 Å². The predicted octanol–water partition coefficient (Wildman–Crippen LogP) is 3.67. The van der Waals surface area contributed by atoms with Crippen LogP contribution in [0, 0.1) is 0 Å². The number of rotatable bonds is 4. The molecule has 0 aliphatic rings. The van der Waals surface area contributed by atoms with Gasteiger partial charge >= 0.3 is 5.97 Å². The Morgan fingerprint density at radius 1 is 1.21 bits per heavy atom. The summed E-state index contributed by atoms with van der Waals surface area (Å²) in [7, 11) is 0. The number of carbonyl (C=O) groups is 2. The lowest BCUT2D eigenvalue weighted by Crippen LogP contribution is -2.29. The van der Waals surface area contributed by atoms with Gasteiger partial charge < -0.3 is 14.5 Å². The number of hydrogen-bond acceptors (Lipinski definition) is 5. The average Bonchev–Trinajstić information content (AvgIpc) is 3.04. The van der Waals surface area contributed by atoms with E-state index in [-0.39, 0.29) is 0 Å². The van der Waals surface area contributed by atoms with E-state index in [2.05, 4.69) is 10.3 Å². The fourth-order valence-corrected chi connectivity index (χ4v) is 2.17. The average molecular weight is 345 g/mol. The molecule has 122 valence electrons. The van der Waals surface area contributed by atoms with Gasteiger partial charge in [0.1, 0.15) is 5.52 Å². The molecule has 0 bridgehead atoms. The number of carbonyl (C=O) groups excluding carboxylic acids is 2. The van der Waals surface area contributed by atoms with Crippen molar-refractivity contribution in [2.45, 2.75) is 13.0 Å². The maximum absolute atomic E-state index is 12.1. The number of nitrogens with zero attached hydrogens (tertiary/aromatic N) is 1. The van der Waals surface area contributed by atoms with Crippen LogP contribution in [-0.2, 0) is 9.53 Å². The van der Waals surface area contributed by atoms with Crippen LogP contribution in [0.25, 0.3) is 11.1 Å². The molecule has 0 aliphatic heterocycles. The van der Waals surface area contributed by atoms with Gasteiger partial charge in [-0.25, -0.2) is 9.78 Å². The van der Waals surface area contributed by atoms with Crippen LogP contribution < -0.4 is 5.32 Å². The largest absolute Gasteiger partial charge is 0.449 e. The molecule has 0 saturated heterocycles. The van der Waals surface area contributed by atoms with Gasteiger partial charge in [0.05, 0.1) is 5.56 Å². The summed E-state index contributed by atoms with van der Waals surface area (Å²) in [6.07, 6.45) is 0.336. The summed E-state index contributed by atoms with van der Waals surface area (Å²) in [5.41, 5.74) is 1.97. The number of aromatic nitrogens is 1. The maximum Gasteiger partial charge on any atom is 0.338 e. The first-order valence-electron chi connectivity index (χ1n) is 7.13. The van der Waals surface area contributed by atoms with Crippen LogP contribution in [-0.4, -0.2) is 23.0 Å². The Bertz CT molecular complexity index is 889. The van der Waals surface area contributed by atoms with E-state index in [1.165, 1.54) is 13.3 Å². The number of anilines is 1. The first kappa shape index (κ1) is 16.0. The van der Waals surface area contributed by atoms with E-state index in [4.69, 9.17) is 20.8 Å². The Hall–Kier alpha value is -2.86. The Labute approximate surface area is 142 Å². The van der Waals surface area contributed by atoms with Gasteiger partial charge in [0.15, 0.2) is 18.1 Å². The number of fused-ring (bicyclic) bond motifs is 1. The van der Waals surface area contributed by atoms with Gasteiger partial charge in [-0.15, -0.1) is 0 Å². The zero-order chi connectivity index (χ0) is 17.1. The van der Waals surface area contributed by atoms with E-state index >= 15 is 0 Å². The summed E-state index contributed by atoms with van der Waals surface area (Å²) in [4.78, 5) is 28.2. The topological polar surface area (TPSA) is 81.4 Å². The molecule has 1 unspecified atom stereocenters. The minimum atomic E-state index is -0.957. The number of benzene rings is 2. The van der Waals surface area contributed by atoms with Crippen LogP contribution in [0.2, 0.25) is 5.02 Å². The van der Waals surface area contributed by atoms with E-state index in [1.807, 2.05) is 0 Å².